The Balaban J connectivity index is 1.12. The molecule has 0 saturated carbocycles. The molecule has 0 saturated heterocycles. The van der Waals surface area contributed by atoms with Gasteiger partial charge in [-0.1, -0.05) is 170 Å². The predicted molar refractivity (Wildman–Crippen MR) is 224 cm³/mol. The number of aromatic nitrogens is 1. The van der Waals surface area contributed by atoms with Crippen molar-refractivity contribution in [3.63, 3.8) is 0 Å². The Kier molecular flexibility index (Phi) is 6.59. The van der Waals surface area contributed by atoms with Gasteiger partial charge in [0.05, 0.1) is 11.2 Å². The molecule has 0 spiro atoms. The van der Waals surface area contributed by atoms with Gasteiger partial charge in [0, 0.05) is 22.2 Å². The first-order chi connectivity index (χ1) is 25.8. The first-order valence-electron chi connectivity index (χ1n) is 17.9. The van der Waals surface area contributed by atoms with Crippen molar-refractivity contribution in [1.82, 2.24) is 4.57 Å². The van der Waals surface area contributed by atoms with Crippen LogP contribution in [0.5, 0.6) is 0 Å². The van der Waals surface area contributed by atoms with E-state index in [4.69, 9.17) is 0 Å². The summed E-state index contributed by atoms with van der Waals surface area (Å²) in [7, 11) is -0.770. The van der Waals surface area contributed by atoms with Crippen molar-refractivity contribution in [2.24, 2.45) is 0 Å². The number of rotatable bonds is 3. The third kappa shape index (κ3) is 4.33. The van der Waals surface area contributed by atoms with Crippen molar-refractivity contribution < 1.29 is 0 Å². The maximum absolute atomic E-state index is 2.51. The molecule has 10 aromatic rings. The molecule has 242 valence electrons. The molecule has 2 heterocycles. The molecule has 52 heavy (non-hydrogen) atoms. The fourth-order valence-electron chi connectivity index (χ4n) is 8.66. The van der Waals surface area contributed by atoms with E-state index in [1.165, 1.54) is 92.6 Å². The zero-order valence-electron chi connectivity index (χ0n) is 28.4. The summed E-state index contributed by atoms with van der Waals surface area (Å²) in [5, 5.41) is 13.3. The van der Waals surface area contributed by atoms with Crippen LogP contribution < -0.4 is 15.9 Å². The van der Waals surface area contributed by atoms with Crippen LogP contribution in [0.4, 0.5) is 0 Å². The van der Waals surface area contributed by atoms with E-state index in [0.717, 1.165) is 5.69 Å². The van der Waals surface area contributed by atoms with Crippen LogP contribution in [0.2, 0.25) is 0 Å². The molecule has 0 aliphatic carbocycles. The number of para-hydroxylation sites is 1. The fraction of sp³-hybridized carbons (Fsp3) is 0. The molecular formula is C50H32NP. The van der Waals surface area contributed by atoms with Crippen molar-refractivity contribution in [3.05, 3.63) is 194 Å². The summed E-state index contributed by atoms with van der Waals surface area (Å²) in [5.74, 6) is 0. The lowest BCUT2D eigenvalue weighted by atomic mass is 9.92. The van der Waals surface area contributed by atoms with Gasteiger partial charge >= 0.3 is 0 Å². The molecule has 1 atom stereocenters. The van der Waals surface area contributed by atoms with Gasteiger partial charge < -0.3 is 4.57 Å². The maximum Gasteiger partial charge on any atom is 0.0626 e. The van der Waals surface area contributed by atoms with Gasteiger partial charge in [0.25, 0.3) is 0 Å². The number of benzene rings is 9. The first-order valence-corrected chi connectivity index (χ1v) is 19.3. The van der Waals surface area contributed by atoms with Gasteiger partial charge in [-0.05, 0) is 97.1 Å². The normalized spacial score (nSPS) is 13.6. The minimum Gasteiger partial charge on any atom is -0.309 e. The Hall–Kier alpha value is -6.27. The standard InChI is InChI=1S/C50H32NP/c1-2-14-36(15-3-1)52-47-24-12-9-21-43(47)49-42-20-8-11-23-46(42)51(50(49)44-22-10-13-25-48(44)52)35-29-26-33(27-30-35)34-28-31-41-39-18-5-4-16-37(39)38-17-6-7-19-40(38)45(41)32-34/h1-32H. The van der Waals surface area contributed by atoms with E-state index in [1.54, 1.807) is 0 Å². The predicted octanol–water partition coefficient (Wildman–Crippen LogP) is 12.2. The third-order valence-corrected chi connectivity index (χ3v) is 13.5. The van der Waals surface area contributed by atoms with Crippen LogP contribution in [-0.4, -0.2) is 4.57 Å². The molecule has 11 rings (SSSR count). The van der Waals surface area contributed by atoms with E-state index in [9.17, 15) is 0 Å². The van der Waals surface area contributed by atoms with E-state index in [2.05, 4.69) is 199 Å². The van der Waals surface area contributed by atoms with Crippen LogP contribution in [0, 0.1) is 0 Å². The second kappa shape index (κ2) is 11.6. The van der Waals surface area contributed by atoms with Crippen LogP contribution in [0.3, 0.4) is 0 Å². The lowest BCUT2D eigenvalue weighted by Gasteiger charge is -2.22. The summed E-state index contributed by atoms with van der Waals surface area (Å²) < 4.78 is 2.51. The Morgan fingerprint density at radius 1 is 0.346 bits per heavy atom. The van der Waals surface area contributed by atoms with E-state index in [1.807, 2.05) is 0 Å². The molecule has 0 N–H and O–H groups in total. The highest BCUT2D eigenvalue weighted by molar-refractivity contribution is 7.80. The summed E-state index contributed by atoms with van der Waals surface area (Å²) in [6, 6.07) is 72.0. The van der Waals surface area contributed by atoms with Gasteiger partial charge in [0.1, 0.15) is 0 Å². The Labute approximate surface area is 303 Å². The van der Waals surface area contributed by atoms with Crippen LogP contribution in [-0.2, 0) is 0 Å². The summed E-state index contributed by atoms with van der Waals surface area (Å²) in [4.78, 5) is 0. The average molecular weight is 678 g/mol. The topological polar surface area (TPSA) is 4.93 Å². The number of nitrogens with zero attached hydrogens (tertiary/aromatic N) is 1. The molecule has 1 nitrogen and oxygen atoms in total. The Morgan fingerprint density at radius 2 is 0.846 bits per heavy atom. The molecular weight excluding hydrogens is 646 g/mol. The van der Waals surface area contributed by atoms with Crippen molar-refractivity contribution in [2.45, 2.75) is 0 Å². The largest absolute Gasteiger partial charge is 0.309 e. The highest BCUT2D eigenvalue weighted by Crippen LogP contribution is 2.50. The fourth-order valence-corrected chi connectivity index (χ4v) is 11.3. The quantitative estimate of drug-likeness (QED) is 0.130. The molecule has 0 fully saturated rings. The monoisotopic (exact) mass is 677 g/mol. The Morgan fingerprint density at radius 3 is 1.54 bits per heavy atom. The molecule has 1 aliphatic heterocycles. The van der Waals surface area contributed by atoms with E-state index >= 15 is 0 Å². The SMILES string of the molecule is c1ccc(P2c3ccccc3-c3c(n(-c4ccc(-c5ccc6c7ccccc7c7ccccc7c6c5)cc4)c4ccccc34)-c3ccccc32)cc1. The van der Waals surface area contributed by atoms with E-state index in [0.29, 0.717) is 0 Å². The highest BCUT2D eigenvalue weighted by atomic mass is 31.1. The first kappa shape index (κ1) is 29.5. The van der Waals surface area contributed by atoms with Crippen LogP contribution in [0.25, 0.3) is 82.4 Å². The molecule has 9 aromatic carbocycles. The maximum atomic E-state index is 2.51. The minimum atomic E-state index is -0.770. The van der Waals surface area contributed by atoms with Gasteiger partial charge in [-0.25, -0.2) is 0 Å². The second-order valence-corrected chi connectivity index (χ2v) is 15.8. The lowest BCUT2D eigenvalue weighted by Crippen LogP contribution is -2.22. The number of fused-ring (bicyclic) bond motifs is 13. The summed E-state index contributed by atoms with van der Waals surface area (Å²) in [6.45, 7) is 0. The van der Waals surface area contributed by atoms with E-state index in [-0.39, 0.29) is 0 Å². The molecule has 0 amide bonds. The Bertz CT molecular complexity index is 2970. The summed E-state index contributed by atoms with van der Waals surface area (Å²) in [6.07, 6.45) is 0. The van der Waals surface area contributed by atoms with Gasteiger partial charge in [-0.15, -0.1) is 0 Å². The summed E-state index contributed by atoms with van der Waals surface area (Å²) >= 11 is 0. The number of hydrogen-bond acceptors (Lipinski definition) is 0. The molecule has 1 unspecified atom stereocenters. The van der Waals surface area contributed by atoms with E-state index < -0.39 is 7.92 Å². The molecule has 0 radical (unpaired) electrons. The van der Waals surface area contributed by atoms with Crippen molar-refractivity contribution in [2.75, 3.05) is 0 Å². The summed E-state index contributed by atoms with van der Waals surface area (Å²) in [5.41, 5.74) is 10.0. The smallest absolute Gasteiger partial charge is 0.0626 e. The molecule has 1 aliphatic rings. The van der Waals surface area contributed by atoms with Crippen LogP contribution in [0.15, 0.2) is 194 Å². The lowest BCUT2D eigenvalue weighted by molar-refractivity contribution is 1.14. The third-order valence-electron chi connectivity index (χ3n) is 10.9. The van der Waals surface area contributed by atoms with Gasteiger partial charge in [-0.2, -0.15) is 0 Å². The van der Waals surface area contributed by atoms with Crippen molar-refractivity contribution >= 4 is 67.1 Å². The zero-order chi connectivity index (χ0) is 34.2. The minimum absolute atomic E-state index is 0.770. The zero-order valence-corrected chi connectivity index (χ0v) is 29.3. The second-order valence-electron chi connectivity index (χ2n) is 13.7. The van der Waals surface area contributed by atoms with Gasteiger partial charge in [0.15, 0.2) is 0 Å². The molecule has 1 aromatic heterocycles. The molecule has 2 heteroatoms. The molecule has 0 bridgehead atoms. The van der Waals surface area contributed by atoms with Crippen LogP contribution >= 0.6 is 7.92 Å². The van der Waals surface area contributed by atoms with Crippen molar-refractivity contribution in [1.29, 1.82) is 0 Å². The average Bonchev–Trinajstić information content (AvgIpc) is 3.50. The van der Waals surface area contributed by atoms with Crippen LogP contribution in [0.1, 0.15) is 0 Å². The van der Waals surface area contributed by atoms with Gasteiger partial charge in [0.2, 0.25) is 0 Å². The highest BCUT2D eigenvalue weighted by Gasteiger charge is 2.32. The van der Waals surface area contributed by atoms with Crippen molar-refractivity contribution in [3.8, 4) is 39.2 Å². The van der Waals surface area contributed by atoms with Gasteiger partial charge in [-0.3, -0.25) is 0 Å². The number of hydrogen-bond donors (Lipinski definition) is 0.